The first-order chi connectivity index (χ1) is 5.90. The molecule has 0 unspecified atom stereocenters. The number of carbonyl (C=O) groups excluding carboxylic acids is 3. The van der Waals surface area contributed by atoms with E-state index in [1.54, 1.807) is 6.92 Å². The van der Waals surface area contributed by atoms with Gasteiger partial charge < -0.3 is 16.8 Å². The molecule has 0 saturated carbocycles. The Morgan fingerprint density at radius 1 is 1.23 bits per heavy atom. The van der Waals surface area contributed by atoms with Crippen LogP contribution in [0.5, 0.6) is 0 Å². The molecule has 0 aromatic carbocycles. The van der Waals surface area contributed by atoms with E-state index in [1.165, 1.54) is 6.92 Å². The Balaban J connectivity index is 0. The molecule has 0 aromatic rings. The summed E-state index contributed by atoms with van der Waals surface area (Å²) in [5.74, 6) is -1.01. The quantitative estimate of drug-likeness (QED) is 0.501. The van der Waals surface area contributed by atoms with Crippen LogP contribution in [0.4, 0.5) is 0 Å². The summed E-state index contributed by atoms with van der Waals surface area (Å²) in [6, 6.07) is 0. The predicted molar refractivity (Wildman–Crippen MR) is 47.4 cm³/mol. The summed E-state index contributed by atoms with van der Waals surface area (Å²) >= 11 is 0. The van der Waals surface area contributed by atoms with Crippen molar-refractivity contribution < 1.29 is 14.4 Å². The summed E-state index contributed by atoms with van der Waals surface area (Å²) in [5.41, 5.74) is 9.21. The molecule has 0 saturated heterocycles. The molecule has 0 fully saturated rings. The third-order valence-electron chi connectivity index (χ3n) is 0.781. The van der Waals surface area contributed by atoms with Gasteiger partial charge in [0.1, 0.15) is 0 Å². The van der Waals surface area contributed by atoms with Crippen molar-refractivity contribution in [3.05, 3.63) is 0 Å². The van der Waals surface area contributed by atoms with Gasteiger partial charge in [0.15, 0.2) is 0 Å². The fourth-order valence-corrected chi connectivity index (χ4v) is 0.311. The van der Waals surface area contributed by atoms with Crippen molar-refractivity contribution in [2.24, 2.45) is 11.5 Å². The van der Waals surface area contributed by atoms with Gasteiger partial charge in [-0.3, -0.25) is 14.4 Å². The Labute approximate surface area is 76.6 Å². The Morgan fingerprint density at radius 3 is 1.85 bits per heavy atom. The second-order valence-electron chi connectivity index (χ2n) is 2.21. The van der Waals surface area contributed by atoms with E-state index in [9.17, 15) is 14.4 Å². The van der Waals surface area contributed by atoms with E-state index < -0.39 is 5.91 Å². The Morgan fingerprint density at radius 2 is 1.62 bits per heavy atom. The average Bonchev–Trinajstić information content (AvgIpc) is 1.99. The zero-order valence-corrected chi connectivity index (χ0v) is 7.79. The number of nitrogens with two attached hydrogens (primary N) is 2. The Bertz CT molecular complexity index is 187. The van der Waals surface area contributed by atoms with Crippen LogP contribution in [-0.4, -0.2) is 24.3 Å². The molecule has 0 radical (unpaired) electrons. The van der Waals surface area contributed by atoms with Gasteiger partial charge in [0.2, 0.25) is 17.7 Å². The van der Waals surface area contributed by atoms with E-state index in [0.717, 1.165) is 0 Å². The number of hydrogen-bond donors (Lipinski definition) is 3. The molecule has 6 heteroatoms. The minimum atomic E-state index is -0.517. The van der Waals surface area contributed by atoms with Crippen LogP contribution in [0.15, 0.2) is 0 Å². The van der Waals surface area contributed by atoms with E-state index in [4.69, 9.17) is 5.73 Å². The van der Waals surface area contributed by atoms with Crippen molar-refractivity contribution in [3.8, 4) is 0 Å². The fraction of sp³-hybridized carbons (Fsp3) is 0.571. The lowest BCUT2D eigenvalue weighted by Crippen LogP contribution is -2.32. The number of carbonyl (C=O) groups is 3. The van der Waals surface area contributed by atoms with Crippen molar-refractivity contribution >= 4 is 17.7 Å². The van der Waals surface area contributed by atoms with Gasteiger partial charge in [-0.1, -0.05) is 6.92 Å². The molecule has 76 valence electrons. The zero-order chi connectivity index (χ0) is 10.9. The molecule has 0 aliphatic carbocycles. The molecule has 5 N–H and O–H groups in total. The lowest BCUT2D eigenvalue weighted by atomic mass is 10.4. The summed E-state index contributed by atoms with van der Waals surface area (Å²) in [4.78, 5) is 29.6. The summed E-state index contributed by atoms with van der Waals surface area (Å²) in [7, 11) is 0. The van der Waals surface area contributed by atoms with E-state index in [0.29, 0.717) is 6.42 Å². The van der Waals surface area contributed by atoms with Crippen LogP contribution in [0.2, 0.25) is 0 Å². The van der Waals surface area contributed by atoms with E-state index in [-0.39, 0.29) is 18.4 Å². The highest BCUT2D eigenvalue weighted by molar-refractivity contribution is 5.83. The molecule has 6 nitrogen and oxygen atoms in total. The molecule has 0 bridgehead atoms. The maximum absolute atomic E-state index is 10.4. The average molecular weight is 189 g/mol. The summed E-state index contributed by atoms with van der Waals surface area (Å²) < 4.78 is 0. The number of amides is 3. The normalized spacial score (nSPS) is 7.85. The molecule has 0 aromatic heterocycles. The smallest absolute Gasteiger partial charge is 0.236 e. The molecule has 0 spiro atoms. The minimum absolute atomic E-state index is 0.0628. The molecule has 13 heavy (non-hydrogen) atoms. The third-order valence-corrected chi connectivity index (χ3v) is 0.781. The molecule has 0 rings (SSSR count). The van der Waals surface area contributed by atoms with Crippen molar-refractivity contribution in [3.63, 3.8) is 0 Å². The first-order valence-corrected chi connectivity index (χ1v) is 3.71. The van der Waals surface area contributed by atoms with Crippen LogP contribution in [0.25, 0.3) is 0 Å². The maximum atomic E-state index is 10.4. The third kappa shape index (κ3) is 25.2. The largest absolute Gasteiger partial charge is 0.370 e. The zero-order valence-electron chi connectivity index (χ0n) is 7.79. The van der Waals surface area contributed by atoms with Crippen molar-refractivity contribution in [1.82, 2.24) is 5.32 Å². The highest BCUT2D eigenvalue weighted by Gasteiger charge is 1.96. The van der Waals surface area contributed by atoms with Crippen molar-refractivity contribution in [2.45, 2.75) is 20.3 Å². The molecular weight excluding hydrogens is 174 g/mol. The van der Waals surface area contributed by atoms with Crippen LogP contribution >= 0.6 is 0 Å². The van der Waals surface area contributed by atoms with Gasteiger partial charge in [-0.25, -0.2) is 0 Å². The molecule has 0 atom stereocenters. The second-order valence-corrected chi connectivity index (χ2v) is 2.21. The first-order valence-electron chi connectivity index (χ1n) is 3.71. The van der Waals surface area contributed by atoms with E-state index in [1.807, 2.05) is 0 Å². The van der Waals surface area contributed by atoms with Gasteiger partial charge in [-0.05, 0) is 0 Å². The molecule has 0 aliphatic rings. The number of nitrogens with one attached hydrogen (secondary N) is 1. The van der Waals surface area contributed by atoms with E-state index in [2.05, 4.69) is 11.1 Å². The topological polar surface area (TPSA) is 115 Å². The Hall–Kier alpha value is -1.59. The van der Waals surface area contributed by atoms with Crippen LogP contribution in [-0.2, 0) is 14.4 Å². The van der Waals surface area contributed by atoms with Crippen LogP contribution < -0.4 is 16.8 Å². The monoisotopic (exact) mass is 189 g/mol. The van der Waals surface area contributed by atoms with Crippen LogP contribution in [0.3, 0.4) is 0 Å². The van der Waals surface area contributed by atoms with Gasteiger partial charge in [-0.2, -0.15) is 0 Å². The van der Waals surface area contributed by atoms with Gasteiger partial charge in [-0.15, -0.1) is 0 Å². The molecular formula is C7H15N3O3. The fourth-order valence-electron chi connectivity index (χ4n) is 0.311. The Kier molecular flexibility index (Phi) is 9.14. The van der Waals surface area contributed by atoms with Gasteiger partial charge >= 0.3 is 0 Å². The lowest BCUT2D eigenvalue weighted by Gasteiger charge is -1.96. The number of primary amides is 2. The highest BCUT2D eigenvalue weighted by atomic mass is 16.2. The summed E-state index contributed by atoms with van der Waals surface area (Å²) in [6.07, 6.45) is 0.382. The maximum Gasteiger partial charge on any atom is 0.236 e. The predicted octanol–water partition coefficient (Wildman–Crippen LogP) is -1.51. The highest BCUT2D eigenvalue weighted by Crippen LogP contribution is 1.71. The lowest BCUT2D eigenvalue weighted by molar-refractivity contribution is -0.124. The van der Waals surface area contributed by atoms with Gasteiger partial charge in [0.25, 0.3) is 0 Å². The second kappa shape index (κ2) is 8.51. The summed E-state index contributed by atoms with van der Waals surface area (Å²) in [6.45, 7) is 2.95. The standard InChI is InChI=1S/C5H10N2O2.C2H5NO/c1-2-5(9)7-3-4(6)8;1-2(3)4/h2-3H2,1H3,(H2,6,8)(H,7,9);1H3,(H2,3,4). The van der Waals surface area contributed by atoms with Crippen molar-refractivity contribution in [2.75, 3.05) is 6.54 Å². The van der Waals surface area contributed by atoms with E-state index >= 15 is 0 Å². The molecule has 3 amide bonds. The number of hydrogen-bond acceptors (Lipinski definition) is 3. The SMILES string of the molecule is CC(N)=O.CCC(=O)NCC(N)=O. The summed E-state index contributed by atoms with van der Waals surface area (Å²) in [5, 5.41) is 2.32. The van der Waals surface area contributed by atoms with Crippen molar-refractivity contribution in [1.29, 1.82) is 0 Å². The first kappa shape index (κ1) is 14.0. The van der Waals surface area contributed by atoms with Crippen LogP contribution in [0.1, 0.15) is 20.3 Å². The molecule has 0 aliphatic heterocycles. The van der Waals surface area contributed by atoms with Crippen LogP contribution in [0, 0.1) is 0 Å². The molecule has 0 heterocycles. The number of rotatable bonds is 3. The van der Waals surface area contributed by atoms with Gasteiger partial charge in [0.05, 0.1) is 6.54 Å². The minimum Gasteiger partial charge on any atom is -0.370 e. The van der Waals surface area contributed by atoms with Gasteiger partial charge in [0, 0.05) is 13.3 Å².